The van der Waals surface area contributed by atoms with Crippen molar-refractivity contribution in [2.75, 3.05) is 6.54 Å². The first-order valence-electron chi connectivity index (χ1n) is 6.54. The Labute approximate surface area is 109 Å². The van der Waals surface area contributed by atoms with Crippen molar-refractivity contribution in [1.82, 2.24) is 10.3 Å². The number of nitrogens with one attached hydrogen (secondary N) is 1. The molecule has 3 unspecified atom stereocenters. The Morgan fingerprint density at radius 1 is 1.47 bits per heavy atom. The second kappa shape index (κ2) is 5.83. The van der Waals surface area contributed by atoms with Gasteiger partial charge in [-0.3, -0.25) is 4.98 Å². The fraction of sp³-hybridized carbons (Fsp3) is 0.643. The monoisotopic (exact) mass is 252 g/mol. The normalized spacial score (nSPS) is 28.5. The van der Waals surface area contributed by atoms with Crippen LogP contribution in [0.1, 0.15) is 32.3 Å². The zero-order valence-corrected chi connectivity index (χ0v) is 11.4. The van der Waals surface area contributed by atoms with Crippen molar-refractivity contribution in [1.29, 1.82) is 0 Å². The average molecular weight is 253 g/mol. The van der Waals surface area contributed by atoms with Crippen LogP contribution >= 0.6 is 11.6 Å². The smallest absolute Gasteiger partial charge is 0.0621 e. The molecule has 0 bridgehead atoms. The summed E-state index contributed by atoms with van der Waals surface area (Å²) in [6.45, 7) is 5.61. The molecule has 1 saturated carbocycles. The summed E-state index contributed by atoms with van der Waals surface area (Å²) >= 11 is 6.17. The maximum atomic E-state index is 6.17. The Bertz CT molecular complexity index is 367. The van der Waals surface area contributed by atoms with Crippen molar-refractivity contribution in [3.05, 3.63) is 29.0 Å². The van der Waals surface area contributed by atoms with E-state index >= 15 is 0 Å². The highest BCUT2D eigenvalue weighted by Gasteiger charge is 2.32. The van der Waals surface area contributed by atoms with Gasteiger partial charge in [0.2, 0.25) is 0 Å². The van der Waals surface area contributed by atoms with E-state index in [0.29, 0.717) is 6.04 Å². The molecule has 3 atom stereocenters. The Morgan fingerprint density at radius 2 is 2.29 bits per heavy atom. The molecule has 3 heteroatoms. The van der Waals surface area contributed by atoms with E-state index in [2.05, 4.69) is 30.2 Å². The fourth-order valence-corrected chi connectivity index (χ4v) is 3.13. The van der Waals surface area contributed by atoms with Crippen molar-refractivity contribution in [2.24, 2.45) is 11.8 Å². The predicted molar refractivity (Wildman–Crippen MR) is 72.3 cm³/mol. The van der Waals surface area contributed by atoms with Crippen LogP contribution in [0.2, 0.25) is 5.02 Å². The molecule has 2 nitrogen and oxygen atoms in total. The van der Waals surface area contributed by atoms with Crippen molar-refractivity contribution >= 4 is 11.6 Å². The van der Waals surface area contributed by atoms with Gasteiger partial charge in [0.25, 0.3) is 0 Å². The van der Waals surface area contributed by atoms with Gasteiger partial charge < -0.3 is 5.32 Å². The second-order valence-electron chi connectivity index (χ2n) is 5.03. The SMILES string of the molecule is CCNC1CCC(Cc2ccncc2Cl)C1C. The molecule has 1 aromatic heterocycles. The van der Waals surface area contributed by atoms with Crippen LogP contribution in [0, 0.1) is 11.8 Å². The van der Waals surface area contributed by atoms with E-state index in [4.69, 9.17) is 11.6 Å². The molecular weight excluding hydrogens is 232 g/mol. The zero-order chi connectivity index (χ0) is 12.3. The topological polar surface area (TPSA) is 24.9 Å². The molecule has 0 aliphatic heterocycles. The lowest BCUT2D eigenvalue weighted by Crippen LogP contribution is -2.32. The van der Waals surface area contributed by atoms with Crippen LogP contribution in [-0.4, -0.2) is 17.6 Å². The standard InChI is InChI=1S/C14H21ClN2/c1-3-17-14-5-4-11(10(14)2)8-12-6-7-16-9-13(12)15/h6-7,9-11,14,17H,3-5,8H2,1-2H3. The van der Waals surface area contributed by atoms with Crippen LogP contribution in [0.25, 0.3) is 0 Å². The van der Waals surface area contributed by atoms with Gasteiger partial charge >= 0.3 is 0 Å². The minimum atomic E-state index is 0.686. The minimum absolute atomic E-state index is 0.686. The van der Waals surface area contributed by atoms with E-state index in [1.54, 1.807) is 6.20 Å². The van der Waals surface area contributed by atoms with E-state index < -0.39 is 0 Å². The number of aromatic nitrogens is 1. The van der Waals surface area contributed by atoms with E-state index in [1.165, 1.54) is 18.4 Å². The fourth-order valence-electron chi connectivity index (χ4n) is 2.94. The van der Waals surface area contributed by atoms with Gasteiger partial charge in [-0.2, -0.15) is 0 Å². The van der Waals surface area contributed by atoms with Crippen LogP contribution in [0.4, 0.5) is 0 Å². The van der Waals surface area contributed by atoms with Crippen LogP contribution in [0.15, 0.2) is 18.5 Å². The molecule has 1 aliphatic carbocycles. The van der Waals surface area contributed by atoms with Gasteiger partial charge in [-0.15, -0.1) is 0 Å². The van der Waals surface area contributed by atoms with E-state index in [0.717, 1.165) is 29.8 Å². The summed E-state index contributed by atoms with van der Waals surface area (Å²) in [6, 6.07) is 2.74. The van der Waals surface area contributed by atoms with Gasteiger partial charge in [-0.25, -0.2) is 0 Å². The molecule has 1 N–H and O–H groups in total. The van der Waals surface area contributed by atoms with Crippen molar-refractivity contribution in [2.45, 2.75) is 39.2 Å². The molecule has 1 aromatic rings. The highest BCUT2D eigenvalue weighted by molar-refractivity contribution is 6.31. The summed E-state index contributed by atoms with van der Waals surface area (Å²) in [6.07, 6.45) is 7.27. The number of pyridine rings is 1. The van der Waals surface area contributed by atoms with Crippen molar-refractivity contribution in [3.63, 3.8) is 0 Å². The van der Waals surface area contributed by atoms with Gasteiger partial charge in [0.05, 0.1) is 5.02 Å². The second-order valence-corrected chi connectivity index (χ2v) is 5.44. The molecule has 0 saturated heterocycles. The van der Waals surface area contributed by atoms with Gasteiger partial charge in [-0.1, -0.05) is 25.4 Å². The lowest BCUT2D eigenvalue weighted by molar-refractivity contribution is 0.355. The summed E-state index contributed by atoms with van der Waals surface area (Å²) in [5, 5.41) is 4.39. The van der Waals surface area contributed by atoms with E-state index in [9.17, 15) is 0 Å². The molecule has 0 radical (unpaired) electrons. The molecule has 1 fully saturated rings. The van der Waals surface area contributed by atoms with Crippen molar-refractivity contribution < 1.29 is 0 Å². The first kappa shape index (κ1) is 12.8. The molecule has 17 heavy (non-hydrogen) atoms. The maximum Gasteiger partial charge on any atom is 0.0621 e. The summed E-state index contributed by atoms with van der Waals surface area (Å²) in [5.41, 5.74) is 1.25. The van der Waals surface area contributed by atoms with Crippen LogP contribution in [0.5, 0.6) is 0 Å². The summed E-state index contributed by atoms with van der Waals surface area (Å²) in [4.78, 5) is 4.04. The van der Waals surface area contributed by atoms with E-state index in [1.807, 2.05) is 6.20 Å². The number of rotatable bonds is 4. The summed E-state index contributed by atoms with van der Waals surface area (Å²) in [5.74, 6) is 1.48. The number of halogens is 1. The highest BCUT2D eigenvalue weighted by Crippen LogP contribution is 2.35. The third kappa shape index (κ3) is 2.99. The average Bonchev–Trinajstić information content (AvgIpc) is 2.65. The molecule has 1 heterocycles. The van der Waals surface area contributed by atoms with Crippen LogP contribution in [-0.2, 0) is 6.42 Å². The molecule has 94 valence electrons. The maximum absolute atomic E-state index is 6.17. The quantitative estimate of drug-likeness (QED) is 0.890. The Hall–Kier alpha value is -0.600. The molecular formula is C14H21ClN2. The predicted octanol–water partition coefficient (Wildman–Crippen LogP) is 3.30. The van der Waals surface area contributed by atoms with Gasteiger partial charge in [-0.05, 0) is 49.3 Å². The Morgan fingerprint density at radius 3 is 3.00 bits per heavy atom. The first-order valence-corrected chi connectivity index (χ1v) is 6.92. The Kier molecular flexibility index (Phi) is 4.41. The summed E-state index contributed by atoms with van der Waals surface area (Å²) < 4.78 is 0. The van der Waals surface area contributed by atoms with Gasteiger partial charge in [0, 0.05) is 18.4 Å². The highest BCUT2D eigenvalue weighted by atomic mass is 35.5. The lowest BCUT2D eigenvalue weighted by Gasteiger charge is -2.21. The van der Waals surface area contributed by atoms with Crippen LogP contribution in [0.3, 0.4) is 0 Å². The molecule has 0 spiro atoms. The zero-order valence-electron chi connectivity index (χ0n) is 10.6. The largest absolute Gasteiger partial charge is 0.314 e. The minimum Gasteiger partial charge on any atom is -0.314 e. The van der Waals surface area contributed by atoms with Gasteiger partial charge in [0.15, 0.2) is 0 Å². The molecule has 0 aromatic carbocycles. The molecule has 1 aliphatic rings. The molecule has 2 rings (SSSR count). The van der Waals surface area contributed by atoms with E-state index in [-0.39, 0.29) is 0 Å². The number of nitrogens with zero attached hydrogens (tertiary/aromatic N) is 1. The summed E-state index contributed by atoms with van der Waals surface area (Å²) in [7, 11) is 0. The number of hydrogen-bond donors (Lipinski definition) is 1. The third-order valence-electron chi connectivity index (χ3n) is 4.03. The Balaban J connectivity index is 1.99. The lowest BCUT2D eigenvalue weighted by atomic mass is 9.90. The van der Waals surface area contributed by atoms with Crippen molar-refractivity contribution in [3.8, 4) is 0 Å². The van der Waals surface area contributed by atoms with Crippen LogP contribution < -0.4 is 5.32 Å². The third-order valence-corrected chi connectivity index (χ3v) is 4.37. The first-order chi connectivity index (χ1) is 8.22. The molecule has 0 amide bonds. The number of hydrogen-bond acceptors (Lipinski definition) is 2. The van der Waals surface area contributed by atoms with Gasteiger partial charge in [0.1, 0.15) is 0 Å².